The van der Waals surface area contributed by atoms with Crippen LogP contribution in [0.2, 0.25) is 0 Å². The van der Waals surface area contributed by atoms with Crippen molar-refractivity contribution in [1.82, 2.24) is 39.2 Å². The van der Waals surface area contributed by atoms with Gasteiger partial charge in [-0.2, -0.15) is 10.2 Å². The molecule has 0 saturated carbocycles. The molecule has 6 heterocycles. The van der Waals surface area contributed by atoms with Gasteiger partial charge in [0.2, 0.25) is 17.4 Å². The van der Waals surface area contributed by atoms with Crippen LogP contribution in [0.5, 0.6) is 17.4 Å². The molecule has 11 nitrogen and oxygen atoms in total. The van der Waals surface area contributed by atoms with Crippen LogP contribution in [0.3, 0.4) is 0 Å². The van der Waals surface area contributed by atoms with Crippen molar-refractivity contribution < 1.29 is 23.0 Å². The molecule has 5 aromatic heterocycles. The van der Waals surface area contributed by atoms with Gasteiger partial charge in [0.05, 0.1) is 35.4 Å². The van der Waals surface area contributed by atoms with Gasteiger partial charge in [-0.1, -0.05) is 6.07 Å². The summed E-state index contributed by atoms with van der Waals surface area (Å²) in [6.45, 7) is 6.40. The van der Waals surface area contributed by atoms with E-state index in [0.29, 0.717) is 34.0 Å². The predicted octanol–water partition coefficient (Wildman–Crippen LogP) is 6.65. The van der Waals surface area contributed by atoms with Gasteiger partial charge in [-0.05, 0) is 57.0 Å². The van der Waals surface area contributed by atoms with Crippen LogP contribution in [0.15, 0.2) is 67.3 Å². The molecule has 244 valence electrons. The van der Waals surface area contributed by atoms with E-state index in [9.17, 15) is 13.6 Å². The number of aromatic amines is 2. The molecule has 2 aromatic carbocycles. The molecule has 0 atom stereocenters. The number of halogens is 2. The monoisotopic (exact) mass is 650 g/mol. The third-order valence-corrected chi connectivity index (χ3v) is 8.96. The number of fused-ring (bicyclic) bond motifs is 4. The highest BCUT2D eigenvalue weighted by Crippen LogP contribution is 2.37. The number of benzene rings is 2. The van der Waals surface area contributed by atoms with Crippen molar-refractivity contribution in [2.24, 2.45) is 7.05 Å². The highest BCUT2D eigenvalue weighted by molar-refractivity contribution is 6.14. The van der Waals surface area contributed by atoms with Gasteiger partial charge < -0.3 is 24.3 Å². The lowest BCUT2D eigenvalue weighted by Crippen LogP contribution is -2.41. The van der Waals surface area contributed by atoms with E-state index in [1.807, 2.05) is 37.6 Å². The second-order valence-electron chi connectivity index (χ2n) is 12.4. The summed E-state index contributed by atoms with van der Waals surface area (Å²) in [6.07, 6.45) is 8.67. The van der Waals surface area contributed by atoms with Crippen LogP contribution in [0.25, 0.3) is 38.7 Å². The molecule has 0 bridgehead atoms. The topological polar surface area (TPSA) is 118 Å². The van der Waals surface area contributed by atoms with E-state index in [0.717, 1.165) is 65.8 Å². The van der Waals surface area contributed by atoms with Gasteiger partial charge >= 0.3 is 0 Å². The number of hydrogen-bond acceptors (Lipinski definition) is 7. The number of carbonyl (C=O) groups is 1. The molecule has 1 fully saturated rings. The van der Waals surface area contributed by atoms with E-state index in [2.05, 4.69) is 43.9 Å². The summed E-state index contributed by atoms with van der Waals surface area (Å²) in [6, 6.07) is 11.3. The number of nitrogens with zero attached hydrogens (tertiary/aromatic N) is 6. The Morgan fingerprint density at radius 3 is 2.50 bits per heavy atom. The van der Waals surface area contributed by atoms with Crippen LogP contribution in [0.1, 0.15) is 42.7 Å². The maximum Gasteiger partial charge on any atom is 0.221 e. The number of ether oxygens (including phenoxy) is 2. The smallest absolute Gasteiger partial charge is 0.221 e. The van der Waals surface area contributed by atoms with Gasteiger partial charge in [-0.25, -0.2) is 18.3 Å². The zero-order valence-electron chi connectivity index (χ0n) is 26.5. The molecule has 7 aromatic rings. The van der Waals surface area contributed by atoms with E-state index in [-0.39, 0.29) is 17.8 Å². The zero-order chi connectivity index (χ0) is 33.1. The van der Waals surface area contributed by atoms with Crippen molar-refractivity contribution in [3.8, 4) is 28.5 Å². The van der Waals surface area contributed by atoms with Crippen LogP contribution in [0.4, 0.5) is 8.78 Å². The summed E-state index contributed by atoms with van der Waals surface area (Å²) in [7, 11) is 1.87. The van der Waals surface area contributed by atoms with Crippen molar-refractivity contribution in [3.63, 3.8) is 0 Å². The number of aromatic nitrogens is 7. The van der Waals surface area contributed by atoms with Crippen LogP contribution in [-0.2, 0) is 7.05 Å². The number of ketones is 1. The Labute approximate surface area is 273 Å². The average molecular weight is 651 g/mol. The molecular weight excluding hydrogens is 618 g/mol. The highest BCUT2D eigenvalue weighted by atomic mass is 19.1. The Morgan fingerprint density at radius 2 is 1.77 bits per heavy atom. The standard InChI is InChI=1S/C35H32F2N8O3/c1-19(2)44-9-7-22(8-10-44)47-31-12-20-11-29(41-27(20)13-23(31)21-15-39-43(3)18-21)33(46)24-16-40-45-30-17-38-32(14-28(30)42-35(24)45)48-34-25(36)5-4-6-26(34)37/h4-6,11-19,22,41-42H,7-10H2,1-3H3. The normalized spacial score (nSPS) is 14.5. The van der Waals surface area contributed by atoms with Gasteiger partial charge in [-0.15, -0.1) is 0 Å². The first kappa shape index (κ1) is 29.8. The van der Waals surface area contributed by atoms with Crippen LogP contribution in [-0.4, -0.2) is 70.3 Å². The minimum Gasteiger partial charge on any atom is -0.490 e. The van der Waals surface area contributed by atoms with Gasteiger partial charge in [0, 0.05) is 60.5 Å². The van der Waals surface area contributed by atoms with Crippen molar-refractivity contribution in [1.29, 1.82) is 0 Å². The molecular formula is C35H32F2N8O3. The number of nitrogens with one attached hydrogen (secondary N) is 2. The first-order valence-corrected chi connectivity index (χ1v) is 15.8. The third-order valence-electron chi connectivity index (χ3n) is 8.96. The number of H-pyrrole nitrogens is 2. The lowest BCUT2D eigenvalue weighted by molar-refractivity contribution is 0.0848. The molecule has 8 rings (SSSR count). The second kappa shape index (κ2) is 11.6. The van der Waals surface area contributed by atoms with Crippen molar-refractivity contribution >= 4 is 33.4 Å². The quantitative estimate of drug-likeness (QED) is 0.177. The lowest BCUT2D eigenvalue weighted by Gasteiger charge is -2.34. The summed E-state index contributed by atoms with van der Waals surface area (Å²) in [5, 5.41) is 9.63. The fraction of sp³-hybridized carbons (Fsp3) is 0.257. The maximum absolute atomic E-state index is 14.2. The summed E-state index contributed by atoms with van der Waals surface area (Å²) in [5.41, 5.74) is 4.84. The average Bonchev–Trinajstić information content (AvgIpc) is 3.86. The Morgan fingerprint density at radius 1 is 0.979 bits per heavy atom. The SMILES string of the molecule is CC(C)N1CCC(Oc2cc3cc(C(=O)c4cnn5c4[nH]c4cc(Oc6c(F)cccc6F)ncc45)[nH]c3cc2-c2cnn(C)c2)CC1. The first-order valence-electron chi connectivity index (χ1n) is 15.8. The van der Waals surface area contributed by atoms with E-state index >= 15 is 0 Å². The number of para-hydroxylation sites is 1. The second-order valence-corrected chi connectivity index (χ2v) is 12.4. The molecule has 1 aliphatic heterocycles. The molecule has 48 heavy (non-hydrogen) atoms. The Kier molecular flexibility index (Phi) is 7.20. The van der Waals surface area contributed by atoms with Gasteiger partial charge in [0.1, 0.15) is 23.0 Å². The van der Waals surface area contributed by atoms with Crippen LogP contribution < -0.4 is 9.47 Å². The molecule has 2 N–H and O–H groups in total. The molecule has 0 unspecified atom stereocenters. The van der Waals surface area contributed by atoms with Gasteiger partial charge in [0.15, 0.2) is 11.6 Å². The largest absolute Gasteiger partial charge is 0.490 e. The fourth-order valence-electron chi connectivity index (χ4n) is 6.38. The van der Waals surface area contributed by atoms with E-state index in [1.165, 1.54) is 24.5 Å². The van der Waals surface area contributed by atoms with Crippen molar-refractivity contribution in [3.05, 3.63) is 90.1 Å². The Balaban J connectivity index is 1.11. The molecule has 0 spiro atoms. The Bertz CT molecular complexity index is 2310. The lowest BCUT2D eigenvalue weighted by atomic mass is 10.0. The maximum atomic E-state index is 14.2. The number of hydrogen-bond donors (Lipinski definition) is 2. The summed E-state index contributed by atoms with van der Waals surface area (Å²) in [4.78, 5) is 27.1. The predicted molar refractivity (Wildman–Crippen MR) is 176 cm³/mol. The van der Waals surface area contributed by atoms with Crippen molar-refractivity contribution in [2.75, 3.05) is 13.1 Å². The number of carbonyl (C=O) groups excluding carboxylic acids is 1. The molecule has 1 aliphatic rings. The number of piperidine rings is 1. The number of rotatable bonds is 8. The molecule has 13 heteroatoms. The molecule has 1 saturated heterocycles. The first-order chi connectivity index (χ1) is 23.2. The zero-order valence-corrected chi connectivity index (χ0v) is 26.5. The summed E-state index contributed by atoms with van der Waals surface area (Å²) < 4.78 is 43.7. The summed E-state index contributed by atoms with van der Waals surface area (Å²) in [5.74, 6) is -1.78. The molecule has 0 radical (unpaired) electrons. The fourth-order valence-corrected chi connectivity index (χ4v) is 6.38. The van der Waals surface area contributed by atoms with Crippen molar-refractivity contribution in [2.45, 2.75) is 38.8 Å². The van der Waals surface area contributed by atoms with Crippen LogP contribution >= 0.6 is 0 Å². The minimum atomic E-state index is -0.845. The van der Waals surface area contributed by atoms with Gasteiger partial charge in [-0.3, -0.25) is 9.48 Å². The number of aryl methyl sites for hydroxylation is 1. The number of likely N-dealkylation sites (tertiary alicyclic amines) is 1. The molecule has 0 amide bonds. The number of pyridine rings is 1. The highest BCUT2D eigenvalue weighted by Gasteiger charge is 2.25. The third kappa shape index (κ3) is 5.25. The van der Waals surface area contributed by atoms with E-state index in [4.69, 9.17) is 9.47 Å². The van der Waals surface area contributed by atoms with Crippen LogP contribution in [0, 0.1) is 11.6 Å². The molecule has 0 aliphatic carbocycles. The Hall–Kier alpha value is -5.56. The summed E-state index contributed by atoms with van der Waals surface area (Å²) >= 11 is 0. The van der Waals surface area contributed by atoms with E-state index in [1.54, 1.807) is 9.20 Å². The van der Waals surface area contributed by atoms with Gasteiger partial charge in [0.25, 0.3) is 0 Å². The van der Waals surface area contributed by atoms with E-state index < -0.39 is 17.4 Å². The number of imidazole rings is 1. The minimum absolute atomic E-state index is 0.0209.